The Morgan fingerprint density at radius 1 is 0.449 bits per heavy atom. The van der Waals surface area contributed by atoms with Gasteiger partial charge >= 0.3 is 0 Å². The molecule has 0 aromatic rings. The van der Waals surface area contributed by atoms with Gasteiger partial charge in [-0.25, -0.2) is 0 Å². The van der Waals surface area contributed by atoms with Crippen LogP contribution in [0.25, 0.3) is 0 Å². The molecule has 69 heavy (non-hydrogen) atoms. The van der Waals surface area contributed by atoms with Crippen LogP contribution < -0.4 is 10.2 Å². The number of nitrogens with one attached hydrogen (secondary N) is 1. The van der Waals surface area contributed by atoms with Gasteiger partial charge in [-0.1, -0.05) is 309 Å². The molecule has 0 radical (unpaired) electrons. The normalized spacial score (nSPS) is 13.8. The van der Waals surface area contributed by atoms with E-state index in [-0.39, 0.29) is 19.1 Å². The summed E-state index contributed by atoms with van der Waals surface area (Å²) in [7, 11) is 1.32. The van der Waals surface area contributed by atoms with Crippen molar-refractivity contribution in [3.63, 3.8) is 0 Å². The molecule has 0 rings (SSSR count). The molecule has 0 saturated carbocycles. The van der Waals surface area contributed by atoms with Gasteiger partial charge in [-0.2, -0.15) is 0 Å². The molecule has 9 heteroatoms. The van der Waals surface area contributed by atoms with E-state index in [1.165, 1.54) is 263 Å². The number of amides is 1. The largest absolute Gasteiger partial charge is 0.756 e. The zero-order valence-corrected chi connectivity index (χ0v) is 48.2. The van der Waals surface area contributed by atoms with Crippen molar-refractivity contribution >= 4 is 13.7 Å². The lowest BCUT2D eigenvalue weighted by Crippen LogP contribution is -2.46. The molecule has 0 aliphatic carbocycles. The Morgan fingerprint density at radius 3 is 0.986 bits per heavy atom. The fraction of sp³-hybridized carbons (Fsp3) is 0.983. The fourth-order valence-electron chi connectivity index (χ4n) is 9.75. The monoisotopic (exact) mass is 999 g/mol. The molecule has 2 N–H and O–H groups in total. The van der Waals surface area contributed by atoms with Crippen LogP contribution in [0, 0.1) is 0 Å². The predicted molar refractivity (Wildman–Crippen MR) is 298 cm³/mol. The van der Waals surface area contributed by atoms with E-state index in [2.05, 4.69) is 19.2 Å². The van der Waals surface area contributed by atoms with E-state index in [1.807, 2.05) is 21.1 Å². The minimum absolute atomic E-state index is 0.0163. The summed E-state index contributed by atoms with van der Waals surface area (Å²) < 4.78 is 23.4. The Hall–Kier alpha value is -0.500. The van der Waals surface area contributed by atoms with Gasteiger partial charge in [-0.15, -0.1) is 0 Å². The molecule has 0 fully saturated rings. The number of phosphoric acid groups is 1. The lowest BCUT2D eigenvalue weighted by atomic mass is 10.0. The lowest BCUT2D eigenvalue weighted by molar-refractivity contribution is -0.870. The van der Waals surface area contributed by atoms with Crippen molar-refractivity contribution in [2.75, 3.05) is 40.9 Å². The average molecular weight is 1000 g/mol. The number of aliphatic hydroxyl groups excluding tert-OH is 1. The molecule has 8 nitrogen and oxygen atoms in total. The van der Waals surface area contributed by atoms with E-state index >= 15 is 0 Å². The molecule has 3 unspecified atom stereocenters. The number of carbonyl (C=O) groups excluding carboxylic acids is 1. The molecule has 0 spiro atoms. The minimum Gasteiger partial charge on any atom is -0.756 e. The first-order valence-electron chi connectivity index (χ1n) is 30.9. The molecule has 0 heterocycles. The van der Waals surface area contributed by atoms with Crippen LogP contribution >= 0.6 is 7.82 Å². The van der Waals surface area contributed by atoms with Crippen molar-refractivity contribution in [2.45, 2.75) is 341 Å². The Morgan fingerprint density at radius 2 is 0.710 bits per heavy atom. The first kappa shape index (κ1) is 68.5. The second-order valence-corrected chi connectivity index (χ2v) is 24.2. The highest BCUT2D eigenvalue weighted by Gasteiger charge is 2.24. The number of likely N-dealkylation sites (N-methyl/N-ethyl adjacent to an activating group) is 1. The quantitative estimate of drug-likeness (QED) is 0.0357. The summed E-state index contributed by atoms with van der Waals surface area (Å²) in [6.45, 7) is 4.76. The van der Waals surface area contributed by atoms with E-state index < -0.39 is 20.0 Å². The highest BCUT2D eigenvalue weighted by Crippen LogP contribution is 2.38. The maximum absolute atomic E-state index is 13.0. The number of aliphatic hydroxyl groups is 1. The van der Waals surface area contributed by atoms with Crippen LogP contribution in [0.4, 0.5) is 0 Å². The van der Waals surface area contributed by atoms with E-state index in [0.717, 1.165) is 38.5 Å². The van der Waals surface area contributed by atoms with Crippen LogP contribution in [-0.2, 0) is 18.4 Å². The van der Waals surface area contributed by atoms with Gasteiger partial charge in [-0.3, -0.25) is 9.36 Å². The zero-order valence-electron chi connectivity index (χ0n) is 47.3. The number of hydrogen-bond donors (Lipinski definition) is 2. The third kappa shape index (κ3) is 55.1. The first-order valence-corrected chi connectivity index (χ1v) is 32.3. The number of unbranched alkanes of at least 4 members (excludes halogenated alkanes) is 45. The number of nitrogens with zero attached hydrogens (tertiary/aromatic N) is 1. The predicted octanol–water partition coefficient (Wildman–Crippen LogP) is 18.2. The lowest BCUT2D eigenvalue weighted by Gasteiger charge is -2.30. The van der Waals surface area contributed by atoms with Crippen LogP contribution in [0.5, 0.6) is 0 Å². The summed E-state index contributed by atoms with van der Waals surface area (Å²) in [5.74, 6) is -0.157. The standard InChI is InChI=1S/C60H123N2O6P/c1-6-8-10-12-14-16-18-20-21-22-23-24-25-26-27-28-29-30-31-32-33-34-35-36-37-38-39-40-41-42-44-46-48-50-52-54-60(64)61-58(57-68-69(65,66)67-56-55-62(3,4)5)59(63)53-51-49-47-45-43-19-17-15-13-11-9-7-2/h58-59,63H,6-57H2,1-5H3,(H-,61,64,65,66). The van der Waals surface area contributed by atoms with E-state index in [9.17, 15) is 19.4 Å². The topological polar surface area (TPSA) is 108 Å². The van der Waals surface area contributed by atoms with Gasteiger partial charge in [-0.05, 0) is 12.8 Å². The maximum Gasteiger partial charge on any atom is 0.268 e. The minimum atomic E-state index is -4.56. The van der Waals surface area contributed by atoms with Crippen molar-refractivity contribution < 1.29 is 32.9 Å². The summed E-state index contributed by atoms with van der Waals surface area (Å²) in [5, 5.41) is 14.0. The Labute approximate surface area is 431 Å². The third-order valence-corrected chi connectivity index (χ3v) is 15.6. The van der Waals surface area contributed by atoms with Gasteiger partial charge < -0.3 is 28.8 Å². The third-order valence-electron chi connectivity index (χ3n) is 14.6. The highest BCUT2D eigenvalue weighted by atomic mass is 31.2. The van der Waals surface area contributed by atoms with E-state index in [0.29, 0.717) is 23.9 Å². The van der Waals surface area contributed by atoms with Gasteiger partial charge in [0.05, 0.1) is 39.9 Å². The van der Waals surface area contributed by atoms with Crippen molar-refractivity contribution in [3.8, 4) is 0 Å². The van der Waals surface area contributed by atoms with Crippen LogP contribution in [0.15, 0.2) is 0 Å². The molecule has 414 valence electrons. The summed E-state index contributed by atoms with van der Waals surface area (Å²) in [5.41, 5.74) is 0. The molecular formula is C60H123N2O6P. The number of hydrogen-bond acceptors (Lipinski definition) is 6. The molecule has 3 atom stereocenters. The van der Waals surface area contributed by atoms with Crippen LogP contribution in [0.1, 0.15) is 328 Å². The fourth-order valence-corrected chi connectivity index (χ4v) is 10.5. The van der Waals surface area contributed by atoms with Crippen LogP contribution in [-0.4, -0.2) is 68.5 Å². The average Bonchev–Trinajstić information content (AvgIpc) is 3.31. The van der Waals surface area contributed by atoms with Crippen LogP contribution in [0.2, 0.25) is 0 Å². The van der Waals surface area contributed by atoms with Crippen molar-refractivity contribution in [3.05, 3.63) is 0 Å². The summed E-state index contributed by atoms with van der Waals surface area (Å²) in [6, 6.07) is -0.794. The Bertz CT molecular complexity index is 1090. The second kappa shape index (κ2) is 52.4. The molecule has 0 saturated heterocycles. The first-order chi connectivity index (χ1) is 33.5. The second-order valence-electron chi connectivity index (χ2n) is 22.8. The summed E-state index contributed by atoms with van der Waals surface area (Å²) >= 11 is 0. The van der Waals surface area contributed by atoms with Gasteiger partial charge in [0.15, 0.2) is 0 Å². The van der Waals surface area contributed by atoms with Crippen molar-refractivity contribution in [2.24, 2.45) is 0 Å². The molecule has 0 aromatic carbocycles. The molecular weight excluding hydrogens is 876 g/mol. The number of carbonyl (C=O) groups is 1. The summed E-state index contributed by atoms with van der Waals surface area (Å²) in [4.78, 5) is 25.5. The molecule has 0 aromatic heterocycles. The number of rotatable bonds is 58. The van der Waals surface area contributed by atoms with E-state index in [4.69, 9.17) is 9.05 Å². The molecule has 1 amide bonds. The number of quaternary nitrogens is 1. The van der Waals surface area contributed by atoms with Gasteiger partial charge in [0.1, 0.15) is 13.2 Å². The summed E-state index contributed by atoms with van der Waals surface area (Å²) in [6.07, 6.45) is 63.2. The molecule has 0 aliphatic rings. The highest BCUT2D eigenvalue weighted by molar-refractivity contribution is 7.45. The SMILES string of the molecule is CCCCCCCCCCCCCCCCCCCCCCCCCCCCCCCCCCCCCC(=O)NC(COP(=O)([O-])OCC[N+](C)(C)C)C(O)CCCCCCCCCCCCCC. The van der Waals surface area contributed by atoms with Gasteiger partial charge in [0, 0.05) is 6.42 Å². The van der Waals surface area contributed by atoms with Crippen LogP contribution in [0.3, 0.4) is 0 Å². The zero-order chi connectivity index (χ0) is 50.6. The van der Waals surface area contributed by atoms with Gasteiger partial charge in [0.2, 0.25) is 5.91 Å². The molecule has 0 bridgehead atoms. The van der Waals surface area contributed by atoms with Crippen molar-refractivity contribution in [1.82, 2.24) is 5.32 Å². The Kier molecular flexibility index (Phi) is 52.0. The Balaban J connectivity index is 3.85. The maximum atomic E-state index is 13.0. The number of phosphoric ester groups is 1. The smallest absolute Gasteiger partial charge is 0.268 e. The van der Waals surface area contributed by atoms with Gasteiger partial charge in [0.25, 0.3) is 7.82 Å². The van der Waals surface area contributed by atoms with E-state index in [1.54, 1.807) is 0 Å². The van der Waals surface area contributed by atoms with Crippen molar-refractivity contribution in [1.29, 1.82) is 0 Å². The molecule has 0 aliphatic heterocycles.